The number of likely N-dealkylation sites (tertiary alicyclic amines) is 1. The van der Waals surface area contributed by atoms with E-state index in [1.807, 2.05) is 30.3 Å². The van der Waals surface area contributed by atoms with Crippen LogP contribution in [0.2, 0.25) is 0 Å². The number of aromatic nitrogens is 1. The molecule has 0 N–H and O–H groups in total. The molecular weight excluding hydrogens is 482 g/mol. The molecule has 0 radical (unpaired) electrons. The van der Waals surface area contributed by atoms with Gasteiger partial charge in [-0.25, -0.2) is 4.39 Å². The van der Waals surface area contributed by atoms with Gasteiger partial charge in [0, 0.05) is 50.5 Å². The Hall–Kier alpha value is -2.48. The van der Waals surface area contributed by atoms with Crippen LogP contribution in [0, 0.1) is 11.3 Å². The van der Waals surface area contributed by atoms with Gasteiger partial charge in [0.1, 0.15) is 5.67 Å². The van der Waals surface area contributed by atoms with Gasteiger partial charge in [0.15, 0.2) is 0 Å². The quantitative estimate of drug-likeness (QED) is 0.478. The zero-order valence-corrected chi connectivity index (χ0v) is 20.9. The van der Waals surface area contributed by atoms with E-state index >= 15 is 4.39 Å². The Balaban J connectivity index is 1.15. The molecule has 2 aliphatic carbocycles. The zero-order chi connectivity index (χ0) is 25.8. The van der Waals surface area contributed by atoms with Crippen LogP contribution in [-0.2, 0) is 29.6 Å². The highest BCUT2D eigenvalue weighted by molar-refractivity contribution is 5.84. The molecule has 0 bridgehead atoms. The Morgan fingerprint density at radius 2 is 1.81 bits per heavy atom. The van der Waals surface area contributed by atoms with Crippen molar-refractivity contribution in [1.29, 1.82) is 0 Å². The molecular formula is C29H33F4N3O. The lowest BCUT2D eigenvalue weighted by atomic mass is 9.78. The summed E-state index contributed by atoms with van der Waals surface area (Å²) in [6, 6.07) is 10.8. The van der Waals surface area contributed by atoms with Crippen molar-refractivity contribution in [3.05, 3.63) is 65.0 Å². The molecule has 3 fully saturated rings. The molecule has 3 atom stereocenters. The molecule has 4 nitrogen and oxygen atoms in total. The lowest BCUT2D eigenvalue weighted by Crippen LogP contribution is -2.48. The first-order valence-corrected chi connectivity index (χ1v) is 13.5. The first kappa shape index (κ1) is 24.8. The minimum atomic E-state index is -4.45. The molecule has 6 rings (SSSR count). The number of rotatable bonds is 3. The van der Waals surface area contributed by atoms with Crippen molar-refractivity contribution >= 4 is 5.91 Å². The highest BCUT2D eigenvalue weighted by atomic mass is 19.4. The summed E-state index contributed by atoms with van der Waals surface area (Å²) >= 11 is 0. The number of amides is 1. The lowest BCUT2D eigenvalue weighted by Gasteiger charge is -2.41. The Morgan fingerprint density at radius 1 is 1.05 bits per heavy atom. The van der Waals surface area contributed by atoms with E-state index in [2.05, 4.69) is 9.88 Å². The van der Waals surface area contributed by atoms with Crippen molar-refractivity contribution in [3.63, 3.8) is 0 Å². The molecule has 2 aliphatic heterocycles. The molecule has 2 saturated carbocycles. The van der Waals surface area contributed by atoms with Gasteiger partial charge in [-0.1, -0.05) is 36.8 Å². The summed E-state index contributed by atoms with van der Waals surface area (Å²) in [5.41, 5.74) is -0.596. The molecule has 37 heavy (non-hydrogen) atoms. The summed E-state index contributed by atoms with van der Waals surface area (Å²) in [6.07, 6.45) is 2.40. The minimum Gasteiger partial charge on any atom is -0.337 e. The van der Waals surface area contributed by atoms with E-state index < -0.39 is 22.8 Å². The maximum atomic E-state index is 15.7. The topological polar surface area (TPSA) is 36.4 Å². The Labute approximate surface area is 215 Å². The molecule has 1 aromatic heterocycles. The van der Waals surface area contributed by atoms with E-state index in [9.17, 15) is 18.0 Å². The van der Waals surface area contributed by atoms with Gasteiger partial charge < -0.3 is 9.80 Å². The third kappa shape index (κ3) is 4.35. The standard InChI is InChI=1S/C29H33F4N3O/c30-28(21-5-2-1-3-6-21)10-13-35(14-11-28)24-16-22-7-4-9-27(22,17-24)26(37)36-12-8-25-20(19-36)15-23(18-34-25)29(31,32)33/h1-3,5-6,15,18,22,24H,4,7-14,16-17,19H2/t22-,24+,27-/m1/s1. The zero-order valence-electron chi connectivity index (χ0n) is 20.9. The van der Waals surface area contributed by atoms with Crippen molar-refractivity contribution in [2.75, 3.05) is 19.6 Å². The van der Waals surface area contributed by atoms with Crippen molar-refractivity contribution in [1.82, 2.24) is 14.8 Å². The van der Waals surface area contributed by atoms with Gasteiger partial charge in [-0.05, 0) is 61.6 Å². The van der Waals surface area contributed by atoms with Crippen molar-refractivity contribution < 1.29 is 22.4 Å². The first-order valence-electron chi connectivity index (χ1n) is 13.5. The third-order valence-corrected chi connectivity index (χ3v) is 9.59. The molecule has 198 valence electrons. The number of hydrogen-bond donors (Lipinski definition) is 0. The molecule has 2 aromatic rings. The monoisotopic (exact) mass is 515 g/mol. The van der Waals surface area contributed by atoms with Gasteiger partial charge in [-0.3, -0.25) is 9.78 Å². The van der Waals surface area contributed by atoms with Crippen LogP contribution in [-0.4, -0.2) is 46.4 Å². The van der Waals surface area contributed by atoms with Crippen LogP contribution in [0.15, 0.2) is 42.6 Å². The number of halogens is 4. The van der Waals surface area contributed by atoms with Gasteiger partial charge in [0.2, 0.25) is 5.91 Å². The molecule has 4 aliphatic rings. The second-order valence-electron chi connectivity index (χ2n) is 11.5. The summed E-state index contributed by atoms with van der Waals surface area (Å²) in [4.78, 5) is 22.2. The van der Waals surface area contributed by atoms with E-state index in [0.29, 0.717) is 50.2 Å². The van der Waals surface area contributed by atoms with Crippen LogP contribution >= 0.6 is 0 Å². The fraction of sp³-hybridized carbons (Fsp3) is 0.586. The van der Waals surface area contributed by atoms with E-state index in [-0.39, 0.29) is 24.4 Å². The summed E-state index contributed by atoms with van der Waals surface area (Å²) < 4.78 is 55.5. The van der Waals surface area contributed by atoms with Crippen LogP contribution in [0.25, 0.3) is 0 Å². The first-order chi connectivity index (χ1) is 17.7. The largest absolute Gasteiger partial charge is 0.417 e. The summed E-state index contributed by atoms with van der Waals surface area (Å²) in [5, 5.41) is 0. The Kier molecular flexibility index (Phi) is 6.09. The molecule has 1 amide bonds. The van der Waals surface area contributed by atoms with Crippen molar-refractivity contribution in [2.45, 2.75) is 75.8 Å². The number of fused-ring (bicyclic) bond motifs is 2. The highest BCUT2D eigenvalue weighted by Gasteiger charge is 2.57. The number of carbonyl (C=O) groups is 1. The summed E-state index contributed by atoms with van der Waals surface area (Å²) in [7, 11) is 0. The summed E-state index contributed by atoms with van der Waals surface area (Å²) in [6.45, 7) is 2.04. The van der Waals surface area contributed by atoms with E-state index in [1.54, 1.807) is 4.90 Å². The molecule has 1 saturated heterocycles. The maximum absolute atomic E-state index is 15.7. The Morgan fingerprint density at radius 3 is 2.54 bits per heavy atom. The van der Waals surface area contributed by atoms with E-state index in [1.165, 1.54) is 0 Å². The average molecular weight is 516 g/mol. The van der Waals surface area contributed by atoms with Gasteiger partial charge in [0.05, 0.1) is 11.0 Å². The number of benzene rings is 1. The SMILES string of the molecule is O=C(N1CCc2ncc(C(F)(F)F)cc2C1)[C@@]12CCC[C@@H]1C[C@H](N1CCC(F)(c3ccccc3)CC1)C2. The minimum absolute atomic E-state index is 0.0988. The molecule has 1 aromatic carbocycles. The van der Waals surface area contributed by atoms with Gasteiger partial charge in [0.25, 0.3) is 0 Å². The van der Waals surface area contributed by atoms with Crippen LogP contribution in [0.1, 0.15) is 67.3 Å². The fourth-order valence-electron chi connectivity index (χ4n) is 7.57. The van der Waals surface area contributed by atoms with E-state index in [4.69, 9.17) is 0 Å². The molecule has 3 heterocycles. The smallest absolute Gasteiger partial charge is 0.337 e. The highest BCUT2D eigenvalue weighted by Crippen LogP contribution is 2.57. The number of nitrogens with zero attached hydrogens (tertiary/aromatic N) is 3. The van der Waals surface area contributed by atoms with Gasteiger partial charge >= 0.3 is 6.18 Å². The van der Waals surface area contributed by atoms with Crippen LogP contribution < -0.4 is 0 Å². The molecule has 8 heteroatoms. The number of piperidine rings is 1. The van der Waals surface area contributed by atoms with Crippen LogP contribution in [0.5, 0.6) is 0 Å². The van der Waals surface area contributed by atoms with Crippen LogP contribution in [0.4, 0.5) is 17.6 Å². The molecule has 0 unspecified atom stereocenters. The number of hydrogen-bond acceptors (Lipinski definition) is 3. The van der Waals surface area contributed by atoms with Crippen LogP contribution in [0.3, 0.4) is 0 Å². The third-order valence-electron chi connectivity index (χ3n) is 9.59. The van der Waals surface area contributed by atoms with Crippen molar-refractivity contribution in [3.8, 4) is 0 Å². The summed E-state index contributed by atoms with van der Waals surface area (Å²) in [5.74, 6) is 0.388. The fourth-order valence-corrected chi connectivity index (χ4v) is 7.57. The van der Waals surface area contributed by atoms with Gasteiger partial charge in [-0.2, -0.15) is 13.2 Å². The predicted octanol–water partition coefficient (Wildman–Crippen LogP) is 5.89. The number of pyridine rings is 1. The van der Waals surface area contributed by atoms with Crippen molar-refractivity contribution in [2.24, 2.45) is 11.3 Å². The van der Waals surface area contributed by atoms with Gasteiger partial charge in [-0.15, -0.1) is 0 Å². The lowest BCUT2D eigenvalue weighted by molar-refractivity contribution is -0.144. The average Bonchev–Trinajstić information content (AvgIpc) is 3.47. The number of carbonyl (C=O) groups excluding carboxylic acids is 1. The number of alkyl halides is 4. The Bertz CT molecular complexity index is 1160. The second kappa shape index (κ2) is 9.07. The second-order valence-corrected chi connectivity index (χ2v) is 11.5. The normalized spacial score (nSPS) is 29.7. The van der Waals surface area contributed by atoms with E-state index in [0.717, 1.165) is 49.9 Å². The maximum Gasteiger partial charge on any atom is 0.417 e. The molecule has 0 spiro atoms. The predicted molar refractivity (Wildman–Crippen MR) is 131 cm³/mol.